The van der Waals surface area contributed by atoms with Crippen molar-refractivity contribution in [2.24, 2.45) is 7.05 Å². The standard InChI is InChI=1S/C20H29N5O2/c1-13-16(14(2)24(6)23-13)18-17(21-9-10-22-18)15-8-7-11-25(12-15)19(26)27-20(3,4)5/h9-10,15H,7-8,11-12H2,1-6H3. The zero-order valence-electron chi connectivity index (χ0n) is 17.1. The topological polar surface area (TPSA) is 73.1 Å². The fraction of sp³-hybridized carbons (Fsp3) is 0.600. The van der Waals surface area contributed by atoms with E-state index in [-0.39, 0.29) is 12.0 Å². The van der Waals surface area contributed by atoms with Crippen LogP contribution < -0.4 is 0 Å². The van der Waals surface area contributed by atoms with Crippen LogP contribution in [0.2, 0.25) is 0 Å². The number of amides is 1. The Morgan fingerprint density at radius 3 is 2.56 bits per heavy atom. The molecular formula is C20H29N5O2. The summed E-state index contributed by atoms with van der Waals surface area (Å²) in [4.78, 5) is 23.6. The van der Waals surface area contributed by atoms with Gasteiger partial charge < -0.3 is 9.64 Å². The third-order valence-corrected chi connectivity index (χ3v) is 4.93. The molecule has 3 heterocycles. The van der Waals surface area contributed by atoms with E-state index in [2.05, 4.69) is 15.1 Å². The number of aryl methyl sites for hydroxylation is 2. The lowest BCUT2D eigenvalue weighted by atomic mass is 9.91. The molecule has 1 unspecified atom stereocenters. The molecule has 1 atom stereocenters. The van der Waals surface area contributed by atoms with Gasteiger partial charge in [0.15, 0.2) is 0 Å². The second-order valence-electron chi connectivity index (χ2n) is 8.23. The highest BCUT2D eigenvalue weighted by Gasteiger charge is 2.31. The van der Waals surface area contributed by atoms with Crippen molar-refractivity contribution in [3.05, 3.63) is 29.5 Å². The van der Waals surface area contributed by atoms with Crippen molar-refractivity contribution >= 4 is 6.09 Å². The van der Waals surface area contributed by atoms with E-state index in [1.807, 2.05) is 46.3 Å². The number of ether oxygens (including phenoxy) is 1. The predicted octanol–water partition coefficient (Wildman–Crippen LogP) is 3.61. The smallest absolute Gasteiger partial charge is 0.410 e. The minimum atomic E-state index is -0.494. The van der Waals surface area contributed by atoms with E-state index in [1.165, 1.54) is 0 Å². The fourth-order valence-corrected chi connectivity index (χ4v) is 3.65. The van der Waals surface area contributed by atoms with Crippen LogP contribution >= 0.6 is 0 Å². The number of hydrogen-bond acceptors (Lipinski definition) is 5. The summed E-state index contributed by atoms with van der Waals surface area (Å²) >= 11 is 0. The molecule has 2 aromatic rings. The lowest BCUT2D eigenvalue weighted by molar-refractivity contribution is 0.0197. The third kappa shape index (κ3) is 4.12. The third-order valence-electron chi connectivity index (χ3n) is 4.93. The molecule has 1 saturated heterocycles. The van der Waals surface area contributed by atoms with E-state index in [0.717, 1.165) is 41.2 Å². The molecular weight excluding hydrogens is 342 g/mol. The van der Waals surface area contributed by atoms with E-state index >= 15 is 0 Å². The van der Waals surface area contributed by atoms with Gasteiger partial charge in [0.1, 0.15) is 5.60 Å². The van der Waals surface area contributed by atoms with Crippen LogP contribution in [0.15, 0.2) is 12.4 Å². The van der Waals surface area contributed by atoms with Crippen LogP contribution in [-0.4, -0.2) is 49.4 Å². The molecule has 0 saturated carbocycles. The number of rotatable bonds is 2. The first-order chi connectivity index (χ1) is 12.7. The lowest BCUT2D eigenvalue weighted by Gasteiger charge is -2.34. The Balaban J connectivity index is 1.90. The molecule has 3 rings (SSSR count). The molecule has 0 radical (unpaired) electrons. The summed E-state index contributed by atoms with van der Waals surface area (Å²) in [6.07, 6.45) is 5.09. The number of hydrogen-bond donors (Lipinski definition) is 0. The van der Waals surface area contributed by atoms with E-state index in [9.17, 15) is 4.79 Å². The summed E-state index contributed by atoms with van der Waals surface area (Å²) < 4.78 is 7.43. The molecule has 1 aliphatic heterocycles. The molecule has 0 N–H and O–H groups in total. The molecule has 27 heavy (non-hydrogen) atoms. The van der Waals surface area contributed by atoms with Crippen LogP contribution in [0.5, 0.6) is 0 Å². The molecule has 0 aliphatic carbocycles. The van der Waals surface area contributed by atoms with Crippen molar-refractivity contribution in [1.29, 1.82) is 0 Å². The van der Waals surface area contributed by atoms with Gasteiger partial charge in [-0.25, -0.2) is 4.79 Å². The molecule has 0 bridgehead atoms. The molecule has 0 aromatic carbocycles. The molecule has 1 aliphatic rings. The van der Waals surface area contributed by atoms with Gasteiger partial charge in [-0.2, -0.15) is 5.10 Å². The Kier molecular flexibility index (Phi) is 5.22. The quantitative estimate of drug-likeness (QED) is 0.806. The second-order valence-corrected chi connectivity index (χ2v) is 8.23. The summed E-state index contributed by atoms with van der Waals surface area (Å²) in [5.41, 5.74) is 4.35. The summed E-state index contributed by atoms with van der Waals surface area (Å²) in [6, 6.07) is 0. The average Bonchev–Trinajstić information content (AvgIpc) is 2.86. The van der Waals surface area contributed by atoms with Crippen molar-refractivity contribution in [2.45, 2.75) is 59.0 Å². The van der Waals surface area contributed by atoms with Crippen LogP contribution in [-0.2, 0) is 11.8 Å². The van der Waals surface area contributed by atoms with Gasteiger partial charge in [-0.1, -0.05) is 0 Å². The van der Waals surface area contributed by atoms with Gasteiger partial charge in [-0.05, 0) is 47.5 Å². The fourth-order valence-electron chi connectivity index (χ4n) is 3.65. The molecule has 2 aromatic heterocycles. The van der Waals surface area contributed by atoms with Crippen LogP contribution in [0.3, 0.4) is 0 Å². The Labute approximate surface area is 160 Å². The summed E-state index contributed by atoms with van der Waals surface area (Å²) in [7, 11) is 1.94. The SMILES string of the molecule is Cc1nn(C)c(C)c1-c1nccnc1C1CCCN(C(=O)OC(C)(C)C)C1. The highest BCUT2D eigenvalue weighted by molar-refractivity contribution is 5.69. The van der Waals surface area contributed by atoms with Crippen molar-refractivity contribution in [3.8, 4) is 11.3 Å². The molecule has 0 spiro atoms. The minimum absolute atomic E-state index is 0.133. The average molecular weight is 371 g/mol. The Bertz CT molecular complexity index is 837. The van der Waals surface area contributed by atoms with Crippen LogP contribution in [0.25, 0.3) is 11.3 Å². The minimum Gasteiger partial charge on any atom is -0.444 e. The van der Waals surface area contributed by atoms with Crippen molar-refractivity contribution < 1.29 is 9.53 Å². The second kappa shape index (κ2) is 7.29. The highest BCUT2D eigenvalue weighted by atomic mass is 16.6. The van der Waals surface area contributed by atoms with Gasteiger partial charge in [0.2, 0.25) is 0 Å². The molecule has 146 valence electrons. The first-order valence-corrected chi connectivity index (χ1v) is 9.46. The molecule has 1 amide bonds. The maximum Gasteiger partial charge on any atom is 0.410 e. The summed E-state index contributed by atoms with van der Waals surface area (Å²) in [6.45, 7) is 11.0. The Morgan fingerprint density at radius 2 is 1.93 bits per heavy atom. The number of nitrogens with zero attached hydrogens (tertiary/aromatic N) is 5. The Morgan fingerprint density at radius 1 is 1.22 bits per heavy atom. The zero-order valence-corrected chi connectivity index (χ0v) is 17.1. The summed E-state index contributed by atoms with van der Waals surface area (Å²) in [5, 5.41) is 4.52. The molecule has 7 heteroatoms. The number of carbonyl (C=O) groups excluding carboxylic acids is 1. The number of likely N-dealkylation sites (tertiary alicyclic amines) is 1. The van der Waals surface area contributed by atoms with Crippen LogP contribution in [0.4, 0.5) is 4.79 Å². The van der Waals surface area contributed by atoms with Gasteiger partial charge in [0, 0.05) is 49.7 Å². The molecule has 7 nitrogen and oxygen atoms in total. The number of carbonyl (C=O) groups is 1. The lowest BCUT2D eigenvalue weighted by Crippen LogP contribution is -2.42. The van der Waals surface area contributed by atoms with Crippen molar-refractivity contribution in [1.82, 2.24) is 24.6 Å². The van der Waals surface area contributed by atoms with Gasteiger partial charge in [-0.3, -0.25) is 14.6 Å². The normalized spacial score (nSPS) is 17.9. The monoisotopic (exact) mass is 371 g/mol. The molecule has 1 fully saturated rings. The van der Waals surface area contributed by atoms with Crippen molar-refractivity contribution in [2.75, 3.05) is 13.1 Å². The van der Waals surface area contributed by atoms with Gasteiger partial charge in [0.25, 0.3) is 0 Å². The predicted molar refractivity (Wildman–Crippen MR) is 103 cm³/mol. The van der Waals surface area contributed by atoms with Gasteiger partial charge in [-0.15, -0.1) is 0 Å². The highest BCUT2D eigenvalue weighted by Crippen LogP contribution is 2.34. The zero-order chi connectivity index (χ0) is 19.8. The van der Waals surface area contributed by atoms with Crippen LogP contribution in [0.1, 0.15) is 56.6 Å². The summed E-state index contributed by atoms with van der Waals surface area (Å²) in [5.74, 6) is 0.133. The first-order valence-electron chi connectivity index (χ1n) is 9.46. The van der Waals surface area contributed by atoms with E-state index < -0.39 is 5.60 Å². The van der Waals surface area contributed by atoms with Gasteiger partial charge in [0.05, 0.1) is 17.1 Å². The van der Waals surface area contributed by atoms with E-state index in [4.69, 9.17) is 4.74 Å². The Hall–Kier alpha value is -2.44. The first kappa shape index (κ1) is 19.3. The van der Waals surface area contributed by atoms with Crippen LogP contribution in [0, 0.1) is 13.8 Å². The largest absolute Gasteiger partial charge is 0.444 e. The van der Waals surface area contributed by atoms with Gasteiger partial charge >= 0.3 is 6.09 Å². The number of aromatic nitrogens is 4. The van der Waals surface area contributed by atoms with Crippen molar-refractivity contribution in [3.63, 3.8) is 0 Å². The maximum absolute atomic E-state index is 12.5. The van der Waals surface area contributed by atoms with E-state index in [0.29, 0.717) is 13.1 Å². The number of piperidine rings is 1. The maximum atomic E-state index is 12.5. The van der Waals surface area contributed by atoms with E-state index in [1.54, 1.807) is 17.3 Å².